The van der Waals surface area contributed by atoms with Crippen molar-refractivity contribution in [2.75, 3.05) is 26.7 Å². The normalized spacial score (nSPS) is 18.3. The van der Waals surface area contributed by atoms with Gasteiger partial charge in [0.25, 0.3) is 0 Å². The van der Waals surface area contributed by atoms with Gasteiger partial charge in [0.05, 0.1) is 13.2 Å². The predicted molar refractivity (Wildman–Crippen MR) is 97.4 cm³/mol. The zero-order valence-corrected chi connectivity index (χ0v) is 14.6. The lowest BCUT2D eigenvalue weighted by Crippen LogP contribution is -2.45. The first-order valence-corrected chi connectivity index (χ1v) is 7.92. The SMILES string of the molecule is COc1ccccc1C1CNCCN1Cc1ccccc1C.Cl. The van der Waals surface area contributed by atoms with E-state index in [-0.39, 0.29) is 12.4 Å². The van der Waals surface area contributed by atoms with E-state index >= 15 is 0 Å². The smallest absolute Gasteiger partial charge is 0.123 e. The van der Waals surface area contributed by atoms with E-state index in [1.165, 1.54) is 16.7 Å². The summed E-state index contributed by atoms with van der Waals surface area (Å²) in [5, 5.41) is 3.52. The average molecular weight is 333 g/mol. The van der Waals surface area contributed by atoms with E-state index in [9.17, 15) is 0 Å². The Hall–Kier alpha value is -1.55. The number of hydrogen-bond donors (Lipinski definition) is 1. The fourth-order valence-corrected chi connectivity index (χ4v) is 3.19. The number of ether oxygens (including phenoxy) is 1. The van der Waals surface area contributed by atoms with Crippen LogP contribution in [0.1, 0.15) is 22.7 Å². The molecule has 124 valence electrons. The molecule has 3 rings (SSSR count). The minimum Gasteiger partial charge on any atom is -0.496 e. The van der Waals surface area contributed by atoms with Crippen molar-refractivity contribution in [3.8, 4) is 5.75 Å². The van der Waals surface area contributed by atoms with Crippen molar-refractivity contribution in [3.05, 3.63) is 65.2 Å². The van der Waals surface area contributed by atoms with E-state index in [0.29, 0.717) is 6.04 Å². The van der Waals surface area contributed by atoms with Crippen LogP contribution in [-0.4, -0.2) is 31.6 Å². The molecule has 2 aromatic rings. The number of nitrogens with one attached hydrogen (secondary N) is 1. The van der Waals surface area contributed by atoms with E-state index in [4.69, 9.17) is 4.74 Å². The standard InChI is InChI=1S/C19H24N2O.ClH/c1-15-7-3-4-8-16(15)14-21-12-11-20-13-18(21)17-9-5-6-10-19(17)22-2;/h3-10,18,20H,11-14H2,1-2H3;1H. The molecule has 1 aliphatic heterocycles. The number of para-hydroxylation sites is 1. The molecule has 23 heavy (non-hydrogen) atoms. The maximum Gasteiger partial charge on any atom is 0.123 e. The zero-order chi connectivity index (χ0) is 15.4. The summed E-state index contributed by atoms with van der Waals surface area (Å²) in [6, 6.07) is 17.4. The summed E-state index contributed by atoms with van der Waals surface area (Å²) in [5.41, 5.74) is 4.04. The maximum absolute atomic E-state index is 5.57. The van der Waals surface area contributed by atoms with Gasteiger partial charge in [-0.05, 0) is 24.1 Å². The van der Waals surface area contributed by atoms with Gasteiger partial charge in [0, 0.05) is 31.7 Å². The summed E-state index contributed by atoms with van der Waals surface area (Å²) >= 11 is 0. The van der Waals surface area contributed by atoms with Crippen LogP contribution in [0.5, 0.6) is 5.75 Å². The number of halogens is 1. The fourth-order valence-electron chi connectivity index (χ4n) is 3.19. The molecule has 1 N–H and O–H groups in total. The van der Waals surface area contributed by atoms with E-state index in [1.807, 2.05) is 6.07 Å². The summed E-state index contributed by atoms with van der Waals surface area (Å²) in [4.78, 5) is 2.55. The van der Waals surface area contributed by atoms with Gasteiger partial charge < -0.3 is 10.1 Å². The molecule has 1 saturated heterocycles. The van der Waals surface area contributed by atoms with Crippen molar-refractivity contribution < 1.29 is 4.74 Å². The molecule has 0 amide bonds. The molecule has 0 aromatic heterocycles. The molecule has 1 fully saturated rings. The minimum atomic E-state index is 0. The first-order chi connectivity index (χ1) is 10.8. The van der Waals surface area contributed by atoms with Crippen LogP contribution in [0.25, 0.3) is 0 Å². The van der Waals surface area contributed by atoms with Gasteiger partial charge in [0.15, 0.2) is 0 Å². The third kappa shape index (κ3) is 4.05. The van der Waals surface area contributed by atoms with Gasteiger partial charge in [-0.15, -0.1) is 12.4 Å². The number of nitrogens with zero attached hydrogens (tertiary/aromatic N) is 1. The molecule has 1 heterocycles. The molecule has 0 spiro atoms. The largest absolute Gasteiger partial charge is 0.496 e. The number of rotatable bonds is 4. The van der Waals surface area contributed by atoms with Crippen LogP contribution < -0.4 is 10.1 Å². The predicted octanol–water partition coefficient (Wildman–Crippen LogP) is 3.57. The Morgan fingerprint density at radius 3 is 2.65 bits per heavy atom. The van der Waals surface area contributed by atoms with Crippen LogP contribution in [0.3, 0.4) is 0 Å². The fraction of sp³-hybridized carbons (Fsp3) is 0.368. The van der Waals surface area contributed by atoms with E-state index in [2.05, 4.69) is 59.6 Å². The Labute approximate surface area is 145 Å². The summed E-state index contributed by atoms with van der Waals surface area (Å²) < 4.78 is 5.57. The second kappa shape index (κ2) is 8.34. The highest BCUT2D eigenvalue weighted by atomic mass is 35.5. The van der Waals surface area contributed by atoms with E-state index in [0.717, 1.165) is 31.9 Å². The highest BCUT2D eigenvalue weighted by molar-refractivity contribution is 5.85. The van der Waals surface area contributed by atoms with E-state index < -0.39 is 0 Å². The lowest BCUT2D eigenvalue weighted by Gasteiger charge is -2.37. The molecule has 3 nitrogen and oxygen atoms in total. The van der Waals surface area contributed by atoms with Crippen molar-refractivity contribution in [1.29, 1.82) is 0 Å². The molecule has 2 aromatic carbocycles. The number of piperazine rings is 1. The van der Waals surface area contributed by atoms with Gasteiger partial charge >= 0.3 is 0 Å². The van der Waals surface area contributed by atoms with Gasteiger partial charge in [-0.2, -0.15) is 0 Å². The van der Waals surface area contributed by atoms with Crippen LogP contribution in [0.2, 0.25) is 0 Å². The number of methoxy groups -OCH3 is 1. The van der Waals surface area contributed by atoms with Crippen molar-refractivity contribution in [2.45, 2.75) is 19.5 Å². The third-order valence-electron chi connectivity index (χ3n) is 4.49. The Kier molecular flexibility index (Phi) is 6.46. The van der Waals surface area contributed by atoms with Crippen LogP contribution in [-0.2, 0) is 6.54 Å². The number of benzene rings is 2. The topological polar surface area (TPSA) is 24.5 Å². The highest BCUT2D eigenvalue weighted by Gasteiger charge is 2.26. The molecule has 0 radical (unpaired) electrons. The first kappa shape index (κ1) is 17.8. The monoisotopic (exact) mass is 332 g/mol. The van der Waals surface area contributed by atoms with Crippen LogP contribution in [0.15, 0.2) is 48.5 Å². The Balaban J connectivity index is 0.00000192. The molecule has 1 aliphatic rings. The third-order valence-corrected chi connectivity index (χ3v) is 4.49. The molecule has 1 atom stereocenters. The molecule has 0 aliphatic carbocycles. The van der Waals surface area contributed by atoms with Crippen molar-refractivity contribution in [3.63, 3.8) is 0 Å². The molecule has 0 bridgehead atoms. The van der Waals surface area contributed by atoms with Crippen LogP contribution >= 0.6 is 12.4 Å². The highest BCUT2D eigenvalue weighted by Crippen LogP contribution is 2.31. The maximum atomic E-state index is 5.57. The van der Waals surface area contributed by atoms with Crippen LogP contribution in [0, 0.1) is 6.92 Å². The number of aryl methyl sites for hydroxylation is 1. The van der Waals surface area contributed by atoms with Crippen molar-refractivity contribution in [2.24, 2.45) is 0 Å². The average Bonchev–Trinajstić information content (AvgIpc) is 2.57. The quantitative estimate of drug-likeness (QED) is 0.926. The molecule has 1 unspecified atom stereocenters. The molecule has 0 saturated carbocycles. The summed E-state index contributed by atoms with van der Waals surface area (Å²) in [6.07, 6.45) is 0. The van der Waals surface area contributed by atoms with Crippen molar-refractivity contribution >= 4 is 12.4 Å². The lowest BCUT2D eigenvalue weighted by molar-refractivity contribution is 0.151. The molecule has 4 heteroatoms. The summed E-state index contributed by atoms with van der Waals surface area (Å²) in [7, 11) is 1.75. The summed E-state index contributed by atoms with van der Waals surface area (Å²) in [5.74, 6) is 0.978. The number of hydrogen-bond acceptors (Lipinski definition) is 3. The van der Waals surface area contributed by atoms with Crippen molar-refractivity contribution in [1.82, 2.24) is 10.2 Å². The van der Waals surface area contributed by atoms with Gasteiger partial charge in [0.1, 0.15) is 5.75 Å². The minimum absolute atomic E-state index is 0. The van der Waals surface area contributed by atoms with Gasteiger partial charge in [-0.1, -0.05) is 42.5 Å². The second-order valence-corrected chi connectivity index (χ2v) is 5.86. The lowest BCUT2D eigenvalue weighted by atomic mass is 10.00. The Morgan fingerprint density at radius 1 is 1.13 bits per heavy atom. The molecular formula is C19H25ClN2O. The first-order valence-electron chi connectivity index (χ1n) is 7.92. The van der Waals surface area contributed by atoms with Gasteiger partial charge in [-0.25, -0.2) is 0 Å². The summed E-state index contributed by atoms with van der Waals surface area (Å²) in [6.45, 7) is 6.23. The molecular weight excluding hydrogens is 308 g/mol. The van der Waals surface area contributed by atoms with Gasteiger partial charge in [-0.3, -0.25) is 4.90 Å². The zero-order valence-electron chi connectivity index (χ0n) is 13.8. The van der Waals surface area contributed by atoms with Gasteiger partial charge in [0.2, 0.25) is 0 Å². The van der Waals surface area contributed by atoms with E-state index in [1.54, 1.807) is 7.11 Å². The van der Waals surface area contributed by atoms with Crippen LogP contribution in [0.4, 0.5) is 0 Å². The Bertz CT molecular complexity index is 632. The Morgan fingerprint density at radius 2 is 1.87 bits per heavy atom. The second-order valence-electron chi connectivity index (χ2n) is 5.86.